The Balaban J connectivity index is 1.74. The maximum atomic E-state index is 13.4. The first-order valence-corrected chi connectivity index (χ1v) is 21.0. The smallest absolute Gasteiger partial charge is 0.330 e. The van der Waals surface area contributed by atoms with Crippen LogP contribution in [0, 0.1) is 5.41 Å². The summed E-state index contributed by atoms with van der Waals surface area (Å²) in [4.78, 5) is 52.0. The molecule has 0 aromatic carbocycles. The topological polar surface area (TPSA) is 203 Å². The van der Waals surface area contributed by atoms with Crippen molar-refractivity contribution in [2.45, 2.75) is 184 Å². The average molecular weight is 823 g/mol. The Morgan fingerprint density at radius 3 is 2.36 bits per heavy atom. The molecule has 0 saturated carbocycles. The molecule has 0 aromatic heterocycles. The van der Waals surface area contributed by atoms with Crippen LogP contribution in [0.5, 0.6) is 0 Å². The summed E-state index contributed by atoms with van der Waals surface area (Å²) in [7, 11) is 1.20. The Morgan fingerprint density at radius 1 is 0.931 bits per heavy atom. The van der Waals surface area contributed by atoms with E-state index in [9.17, 15) is 34.5 Å². The predicted octanol–water partition coefficient (Wildman–Crippen LogP) is 4.81. The molecule has 6 bridgehead atoms. The Morgan fingerprint density at radius 2 is 1.66 bits per heavy atom. The standard InChI is InChI=1S/C43H66O15/c1-6-8-9-10-11-15-36(46)57-41-28(20-37(47)51-5)19-34-25-35(27-44)54-39(49)22-29(45)21-30-13-12-14-31(53-30)23-32-24-33(26-38(48)52-18-7-2)56-40(55-32)16-17-42(3,4)43(41,50)58-34/h7,16-17,20,29-35,40-41,44-45,50H,2,6,8-15,18-19,21-27H2,1,3-5H3/t29-,30?,31?,32?,33-,34+,35-,40-,41+,43-/m1/s1. The highest BCUT2D eigenvalue weighted by Crippen LogP contribution is 2.47. The van der Waals surface area contributed by atoms with Crippen LogP contribution >= 0.6 is 0 Å². The lowest BCUT2D eigenvalue weighted by Crippen LogP contribution is -2.62. The first kappa shape index (κ1) is 47.5. The van der Waals surface area contributed by atoms with Gasteiger partial charge in [-0.15, -0.1) is 0 Å². The second-order valence-corrected chi connectivity index (χ2v) is 16.5. The normalized spacial score (nSPS) is 33.9. The van der Waals surface area contributed by atoms with Crippen LogP contribution in [0.1, 0.15) is 124 Å². The van der Waals surface area contributed by atoms with Gasteiger partial charge in [-0.05, 0) is 43.8 Å². The van der Waals surface area contributed by atoms with Crippen LogP contribution in [0.4, 0.5) is 0 Å². The molecule has 0 aromatic rings. The zero-order chi connectivity index (χ0) is 42.3. The van der Waals surface area contributed by atoms with E-state index >= 15 is 0 Å². The van der Waals surface area contributed by atoms with Crippen molar-refractivity contribution in [2.75, 3.05) is 20.3 Å². The second-order valence-electron chi connectivity index (χ2n) is 16.5. The molecular formula is C43H66O15. The number of aliphatic hydroxyl groups excluding tert-OH is 2. The van der Waals surface area contributed by atoms with Crippen LogP contribution in [0.25, 0.3) is 0 Å². The van der Waals surface area contributed by atoms with Crippen molar-refractivity contribution < 1.29 is 72.4 Å². The predicted molar refractivity (Wildman–Crippen MR) is 209 cm³/mol. The Hall–Kier alpha value is -3.18. The molecule has 10 atom stereocenters. The summed E-state index contributed by atoms with van der Waals surface area (Å²) < 4.78 is 47.3. The molecule has 328 valence electrons. The van der Waals surface area contributed by atoms with Crippen LogP contribution < -0.4 is 0 Å². The van der Waals surface area contributed by atoms with E-state index in [1.54, 1.807) is 26.0 Å². The fourth-order valence-corrected chi connectivity index (χ4v) is 8.08. The van der Waals surface area contributed by atoms with Gasteiger partial charge in [0.05, 0.1) is 63.2 Å². The quantitative estimate of drug-likeness (QED) is 0.0750. The van der Waals surface area contributed by atoms with Gasteiger partial charge < -0.3 is 53.2 Å². The molecule has 4 heterocycles. The Labute approximate surface area is 342 Å². The maximum Gasteiger partial charge on any atom is 0.330 e. The monoisotopic (exact) mass is 822 g/mol. The van der Waals surface area contributed by atoms with Crippen molar-refractivity contribution in [3.05, 3.63) is 36.5 Å². The summed E-state index contributed by atoms with van der Waals surface area (Å²) >= 11 is 0. The number of hydrogen-bond donors (Lipinski definition) is 3. The Kier molecular flexibility index (Phi) is 18.8. The number of hydrogen-bond acceptors (Lipinski definition) is 15. The van der Waals surface area contributed by atoms with Gasteiger partial charge in [0.2, 0.25) is 5.79 Å². The number of unbranched alkanes of at least 4 members (excludes halogenated alkanes) is 4. The number of esters is 4. The molecule has 4 rings (SSSR count). The molecule has 3 saturated heterocycles. The summed E-state index contributed by atoms with van der Waals surface area (Å²) in [5, 5.41) is 34.0. The van der Waals surface area contributed by atoms with Gasteiger partial charge in [0.25, 0.3) is 0 Å². The van der Waals surface area contributed by atoms with E-state index in [-0.39, 0.29) is 62.9 Å². The van der Waals surface area contributed by atoms with E-state index in [2.05, 4.69) is 13.5 Å². The second kappa shape index (κ2) is 23.0. The third kappa shape index (κ3) is 14.2. The molecule has 0 spiro atoms. The van der Waals surface area contributed by atoms with E-state index in [0.717, 1.165) is 44.6 Å². The number of cyclic esters (lactones) is 1. The lowest BCUT2D eigenvalue weighted by Gasteiger charge is -2.51. The summed E-state index contributed by atoms with van der Waals surface area (Å²) in [6, 6.07) is 0. The fourth-order valence-electron chi connectivity index (χ4n) is 8.08. The van der Waals surface area contributed by atoms with Crippen LogP contribution in [0.15, 0.2) is 36.5 Å². The SMILES string of the molecule is C=CCOC(=O)C[C@H]1CC2CC3CCCC(C[C@@H](O)CC(=O)O[C@@H](CO)C[C@@H]4CC(=CC(=O)OC)[C@H](OC(=O)CCCCCCC)[C@@](O)(O4)C(C)(C)C=C[C@H](O2)O1)O3. The van der Waals surface area contributed by atoms with Crippen LogP contribution in [-0.4, -0.2) is 120 Å². The number of ether oxygens (including phenoxy) is 8. The molecule has 58 heavy (non-hydrogen) atoms. The van der Waals surface area contributed by atoms with Gasteiger partial charge in [-0.25, -0.2) is 4.79 Å². The van der Waals surface area contributed by atoms with Crippen molar-refractivity contribution in [1.29, 1.82) is 0 Å². The summed E-state index contributed by atoms with van der Waals surface area (Å²) in [6.07, 6.45) is 5.95. The zero-order valence-electron chi connectivity index (χ0n) is 34.7. The van der Waals surface area contributed by atoms with E-state index in [1.807, 2.05) is 0 Å². The lowest BCUT2D eigenvalue weighted by atomic mass is 9.74. The summed E-state index contributed by atoms with van der Waals surface area (Å²) in [5.74, 6) is -4.90. The number of fused-ring (bicyclic) bond motifs is 6. The Bertz CT molecular complexity index is 1430. The van der Waals surface area contributed by atoms with Crippen LogP contribution in [0.3, 0.4) is 0 Å². The maximum absolute atomic E-state index is 13.4. The number of rotatable bonds is 13. The molecule has 0 amide bonds. The molecule has 4 aliphatic heterocycles. The van der Waals surface area contributed by atoms with Crippen molar-refractivity contribution in [3.63, 3.8) is 0 Å². The number of methoxy groups -OCH3 is 1. The van der Waals surface area contributed by atoms with Crippen molar-refractivity contribution >= 4 is 23.9 Å². The van der Waals surface area contributed by atoms with E-state index < -0.39 is 84.6 Å². The highest BCUT2D eigenvalue weighted by molar-refractivity contribution is 5.83. The summed E-state index contributed by atoms with van der Waals surface area (Å²) in [6.45, 7) is 8.47. The van der Waals surface area contributed by atoms with Gasteiger partial charge in [0.15, 0.2) is 12.4 Å². The third-order valence-corrected chi connectivity index (χ3v) is 11.2. The molecule has 15 heteroatoms. The summed E-state index contributed by atoms with van der Waals surface area (Å²) in [5.41, 5.74) is -1.22. The minimum Gasteiger partial charge on any atom is -0.466 e. The third-order valence-electron chi connectivity index (χ3n) is 11.2. The number of carbonyl (C=O) groups is 4. The fraction of sp³-hybridized carbons (Fsp3) is 0.767. The first-order chi connectivity index (χ1) is 27.7. The van der Waals surface area contributed by atoms with E-state index in [1.165, 1.54) is 13.2 Å². The van der Waals surface area contributed by atoms with Crippen LogP contribution in [0.2, 0.25) is 0 Å². The molecule has 15 nitrogen and oxygen atoms in total. The largest absolute Gasteiger partial charge is 0.466 e. The van der Waals surface area contributed by atoms with Gasteiger partial charge in [-0.1, -0.05) is 65.2 Å². The number of aliphatic hydroxyl groups is 3. The zero-order valence-corrected chi connectivity index (χ0v) is 34.7. The molecular weight excluding hydrogens is 756 g/mol. The van der Waals surface area contributed by atoms with Gasteiger partial charge >= 0.3 is 23.9 Å². The molecule has 0 radical (unpaired) electrons. The minimum atomic E-state index is -2.35. The van der Waals surface area contributed by atoms with Crippen molar-refractivity contribution in [2.24, 2.45) is 5.41 Å². The molecule has 0 aliphatic carbocycles. The van der Waals surface area contributed by atoms with Gasteiger partial charge in [-0.3, -0.25) is 14.4 Å². The van der Waals surface area contributed by atoms with Crippen molar-refractivity contribution in [1.82, 2.24) is 0 Å². The highest BCUT2D eigenvalue weighted by atomic mass is 16.7. The average Bonchev–Trinajstić information content (AvgIpc) is 3.16. The van der Waals surface area contributed by atoms with Gasteiger partial charge in [0.1, 0.15) is 12.7 Å². The van der Waals surface area contributed by atoms with Gasteiger partial charge in [0, 0.05) is 43.6 Å². The highest BCUT2D eigenvalue weighted by Gasteiger charge is 2.57. The van der Waals surface area contributed by atoms with E-state index in [0.29, 0.717) is 25.7 Å². The molecule has 4 aliphatic rings. The molecule has 3 unspecified atom stereocenters. The number of carbonyl (C=O) groups excluding carboxylic acids is 4. The molecule has 3 fully saturated rings. The minimum absolute atomic E-state index is 0.0449. The van der Waals surface area contributed by atoms with Crippen LogP contribution in [-0.2, 0) is 57.1 Å². The molecule has 3 N–H and O–H groups in total. The first-order valence-electron chi connectivity index (χ1n) is 21.0. The van der Waals surface area contributed by atoms with E-state index in [4.69, 9.17) is 37.9 Å². The van der Waals surface area contributed by atoms with Gasteiger partial charge in [-0.2, -0.15) is 0 Å². The van der Waals surface area contributed by atoms with Crippen molar-refractivity contribution in [3.8, 4) is 0 Å². The lowest BCUT2D eigenvalue weighted by molar-refractivity contribution is -0.327.